The number of aryl methyl sites for hydroxylation is 1. The lowest BCUT2D eigenvalue weighted by Crippen LogP contribution is -2.44. The van der Waals surface area contributed by atoms with Gasteiger partial charge in [0.25, 0.3) is 5.91 Å². The third-order valence-corrected chi connectivity index (χ3v) is 4.83. The second-order valence-electron chi connectivity index (χ2n) is 7.19. The van der Waals surface area contributed by atoms with Gasteiger partial charge in [0.15, 0.2) is 0 Å². The summed E-state index contributed by atoms with van der Waals surface area (Å²) >= 11 is 0. The van der Waals surface area contributed by atoms with Crippen molar-refractivity contribution < 1.29 is 28.2 Å². The molecule has 0 bridgehead atoms. The number of ether oxygens (including phenoxy) is 1. The molecule has 0 atom stereocenters. The van der Waals surface area contributed by atoms with Crippen LogP contribution < -0.4 is 10.1 Å². The Bertz CT molecular complexity index is 1110. The lowest BCUT2D eigenvalue weighted by atomic mass is 10.2. The highest BCUT2D eigenvalue weighted by molar-refractivity contribution is 6.04. The molecule has 0 aliphatic rings. The first kappa shape index (κ1) is 23.9. The van der Waals surface area contributed by atoms with E-state index in [1.54, 1.807) is 19.1 Å². The van der Waals surface area contributed by atoms with Crippen molar-refractivity contribution >= 4 is 11.9 Å². The molecule has 33 heavy (non-hydrogen) atoms. The Labute approximate surface area is 189 Å². The summed E-state index contributed by atoms with van der Waals surface area (Å²) in [4.78, 5) is 31.1. The Morgan fingerprint density at radius 1 is 1.09 bits per heavy atom. The molecule has 3 aromatic rings. The molecule has 0 spiro atoms. The van der Waals surface area contributed by atoms with Crippen LogP contribution in [0.2, 0.25) is 0 Å². The van der Waals surface area contributed by atoms with E-state index in [1.165, 1.54) is 48.0 Å². The zero-order valence-electron chi connectivity index (χ0n) is 18.2. The molecule has 1 aromatic heterocycles. The first-order valence-corrected chi connectivity index (χ1v) is 10.2. The average Bonchev–Trinajstić information content (AvgIpc) is 3.10. The normalized spacial score (nSPS) is 10.7. The fraction of sp³-hybridized carbons (Fsp3) is 0.261. The van der Waals surface area contributed by atoms with Gasteiger partial charge in [0, 0.05) is 20.2 Å². The van der Waals surface area contributed by atoms with Gasteiger partial charge in [-0.2, -0.15) is 4.98 Å². The van der Waals surface area contributed by atoms with E-state index in [-0.39, 0.29) is 37.8 Å². The number of rotatable bonds is 8. The molecule has 2 N–H and O–H groups in total. The topological polar surface area (TPSA) is 96.7 Å². The molecular formula is C23H24F2N4O4. The summed E-state index contributed by atoms with van der Waals surface area (Å²) in [6.07, 6.45) is 0.198. The van der Waals surface area contributed by atoms with Gasteiger partial charge in [-0.05, 0) is 55.3 Å². The van der Waals surface area contributed by atoms with Gasteiger partial charge in [0.2, 0.25) is 0 Å². The van der Waals surface area contributed by atoms with Gasteiger partial charge in [-0.3, -0.25) is 14.3 Å². The van der Waals surface area contributed by atoms with E-state index in [1.807, 2.05) is 0 Å². The summed E-state index contributed by atoms with van der Waals surface area (Å²) < 4.78 is 34.0. The predicted molar refractivity (Wildman–Crippen MR) is 116 cm³/mol. The third kappa shape index (κ3) is 5.72. The number of nitrogens with one attached hydrogen (secondary N) is 1. The molecule has 0 aliphatic heterocycles. The van der Waals surface area contributed by atoms with E-state index in [0.717, 1.165) is 4.90 Å². The minimum atomic E-state index is -0.636. The molecule has 0 saturated carbocycles. The molecule has 3 rings (SSSR count). The molecule has 0 aliphatic carbocycles. The fourth-order valence-electron chi connectivity index (χ4n) is 3.21. The summed E-state index contributed by atoms with van der Waals surface area (Å²) in [6, 6.07) is 10.4. The number of amides is 3. The molecule has 0 radical (unpaired) electrons. The molecule has 0 unspecified atom stereocenters. The van der Waals surface area contributed by atoms with Gasteiger partial charge in [-0.15, -0.1) is 0 Å². The summed E-state index contributed by atoms with van der Waals surface area (Å²) in [7, 11) is 1.40. The molecule has 2 aromatic carbocycles. The minimum absolute atomic E-state index is 0.00960. The number of hydrogen-bond donors (Lipinski definition) is 2. The number of carbonyl (C=O) groups is 2. The highest BCUT2D eigenvalue weighted by atomic mass is 19.1. The number of hydrogen-bond acceptors (Lipinski definition) is 5. The van der Waals surface area contributed by atoms with E-state index < -0.39 is 23.6 Å². The maximum atomic E-state index is 13.4. The maximum absolute atomic E-state index is 13.4. The van der Waals surface area contributed by atoms with Gasteiger partial charge in [-0.1, -0.05) is 12.1 Å². The molecule has 3 amide bonds. The number of aromatic nitrogens is 2. The number of nitrogens with zero attached hydrogens (tertiary/aromatic N) is 3. The van der Waals surface area contributed by atoms with Crippen molar-refractivity contribution in [3.05, 3.63) is 77.1 Å². The Balaban J connectivity index is 2.06. The van der Waals surface area contributed by atoms with Gasteiger partial charge in [0.1, 0.15) is 23.1 Å². The zero-order valence-corrected chi connectivity index (χ0v) is 18.2. The van der Waals surface area contributed by atoms with Crippen LogP contribution >= 0.6 is 0 Å². The highest BCUT2D eigenvalue weighted by Gasteiger charge is 2.29. The SMILES string of the molecule is CNC(=O)N(CCCO)C(=O)c1c(C)nc(Oc2ccc(F)cc2)n1Cc1ccc(F)cc1. The van der Waals surface area contributed by atoms with Crippen LogP contribution in [0.25, 0.3) is 0 Å². The molecule has 0 saturated heterocycles. The number of benzene rings is 2. The molecule has 10 heteroatoms. The van der Waals surface area contributed by atoms with Crippen LogP contribution in [0, 0.1) is 18.6 Å². The van der Waals surface area contributed by atoms with Crippen molar-refractivity contribution in [2.75, 3.05) is 20.2 Å². The Morgan fingerprint density at radius 3 is 2.27 bits per heavy atom. The number of aliphatic hydroxyl groups is 1. The summed E-state index contributed by atoms with van der Waals surface area (Å²) in [5.41, 5.74) is 1.06. The molecule has 1 heterocycles. The number of carbonyl (C=O) groups excluding carboxylic acids is 2. The van der Waals surface area contributed by atoms with Crippen molar-refractivity contribution in [3.8, 4) is 11.8 Å². The van der Waals surface area contributed by atoms with Crippen LogP contribution in [0.5, 0.6) is 11.8 Å². The lowest BCUT2D eigenvalue weighted by molar-refractivity contribution is 0.0782. The molecule has 8 nitrogen and oxygen atoms in total. The van der Waals surface area contributed by atoms with Crippen molar-refractivity contribution in [2.24, 2.45) is 0 Å². The maximum Gasteiger partial charge on any atom is 0.324 e. The second kappa shape index (κ2) is 10.7. The number of imide groups is 1. The van der Waals surface area contributed by atoms with Crippen molar-refractivity contribution in [3.63, 3.8) is 0 Å². The predicted octanol–water partition coefficient (Wildman–Crippen LogP) is 3.47. The van der Waals surface area contributed by atoms with E-state index in [2.05, 4.69) is 10.3 Å². The zero-order chi connectivity index (χ0) is 24.0. The number of imidazole rings is 1. The largest absolute Gasteiger partial charge is 0.425 e. The van der Waals surface area contributed by atoms with E-state index >= 15 is 0 Å². The van der Waals surface area contributed by atoms with Crippen LogP contribution in [0.15, 0.2) is 48.5 Å². The smallest absolute Gasteiger partial charge is 0.324 e. The van der Waals surface area contributed by atoms with Crippen LogP contribution in [0.3, 0.4) is 0 Å². The summed E-state index contributed by atoms with van der Waals surface area (Å²) in [5, 5.41) is 11.6. The van der Waals surface area contributed by atoms with Gasteiger partial charge in [0.05, 0.1) is 12.2 Å². The standard InChI is InChI=1S/C23H24F2N4O4/c1-15-20(21(31)28(12-3-13-30)22(32)26-2)29(14-16-4-6-17(24)7-5-16)23(27-15)33-19-10-8-18(25)9-11-19/h4-11,30H,3,12-14H2,1-2H3,(H,26,32). The average molecular weight is 458 g/mol. The lowest BCUT2D eigenvalue weighted by Gasteiger charge is -2.21. The first-order chi connectivity index (χ1) is 15.8. The van der Waals surface area contributed by atoms with Gasteiger partial charge in [-0.25, -0.2) is 13.6 Å². The van der Waals surface area contributed by atoms with E-state index in [4.69, 9.17) is 4.74 Å². The minimum Gasteiger partial charge on any atom is -0.425 e. The molecule has 174 valence electrons. The van der Waals surface area contributed by atoms with Crippen molar-refractivity contribution in [2.45, 2.75) is 19.9 Å². The van der Waals surface area contributed by atoms with Gasteiger partial charge >= 0.3 is 12.0 Å². The summed E-state index contributed by atoms with van der Waals surface area (Å²) in [5.74, 6) is -1.18. The number of urea groups is 1. The fourth-order valence-corrected chi connectivity index (χ4v) is 3.21. The van der Waals surface area contributed by atoms with Crippen LogP contribution in [0.4, 0.5) is 13.6 Å². The second-order valence-corrected chi connectivity index (χ2v) is 7.19. The van der Waals surface area contributed by atoms with Gasteiger partial charge < -0.3 is 15.2 Å². The first-order valence-electron chi connectivity index (χ1n) is 10.2. The molecular weight excluding hydrogens is 434 g/mol. The van der Waals surface area contributed by atoms with Crippen LogP contribution in [-0.4, -0.2) is 51.7 Å². The third-order valence-electron chi connectivity index (χ3n) is 4.83. The van der Waals surface area contributed by atoms with E-state index in [0.29, 0.717) is 17.0 Å². The quantitative estimate of drug-likeness (QED) is 0.539. The van der Waals surface area contributed by atoms with Crippen molar-refractivity contribution in [1.82, 2.24) is 19.8 Å². The Hall–Kier alpha value is -3.79. The highest BCUT2D eigenvalue weighted by Crippen LogP contribution is 2.26. The Morgan fingerprint density at radius 2 is 1.70 bits per heavy atom. The number of aliphatic hydroxyl groups excluding tert-OH is 1. The molecule has 0 fully saturated rings. The van der Waals surface area contributed by atoms with Crippen molar-refractivity contribution in [1.29, 1.82) is 0 Å². The number of halogens is 2. The van der Waals surface area contributed by atoms with E-state index in [9.17, 15) is 23.5 Å². The van der Waals surface area contributed by atoms with Crippen LogP contribution in [-0.2, 0) is 6.54 Å². The van der Waals surface area contributed by atoms with Crippen LogP contribution in [0.1, 0.15) is 28.2 Å². The summed E-state index contributed by atoms with van der Waals surface area (Å²) in [6.45, 7) is 1.48. The monoisotopic (exact) mass is 458 g/mol. The Kier molecular flexibility index (Phi) is 7.73.